The fourth-order valence-corrected chi connectivity index (χ4v) is 6.10. The molecule has 1 unspecified atom stereocenters. The highest BCUT2D eigenvalue weighted by molar-refractivity contribution is 7.24. The number of aromatic nitrogens is 4. The number of likely N-dealkylation sites (N-methyl/N-ethyl adjacent to an activating group) is 1. The Morgan fingerprint density at radius 3 is 2.79 bits per heavy atom. The van der Waals surface area contributed by atoms with Gasteiger partial charge in [0.15, 0.2) is 5.65 Å². The number of pyridine rings is 2. The molecule has 0 bridgehead atoms. The van der Waals surface area contributed by atoms with Crippen molar-refractivity contribution < 1.29 is 14.6 Å². The number of quaternary nitrogens is 1. The molecule has 2 N–H and O–H groups in total. The van der Waals surface area contributed by atoms with Gasteiger partial charge in [0.2, 0.25) is 5.43 Å². The summed E-state index contributed by atoms with van der Waals surface area (Å²) in [7, 11) is 1.82. The molecule has 1 amide bonds. The summed E-state index contributed by atoms with van der Waals surface area (Å²) in [6.07, 6.45) is 4.09. The van der Waals surface area contributed by atoms with Crippen LogP contribution in [-0.4, -0.2) is 68.3 Å². The number of anilines is 1. The second-order valence-corrected chi connectivity index (χ2v) is 10.9. The predicted octanol–water partition coefficient (Wildman–Crippen LogP) is 3.14. The van der Waals surface area contributed by atoms with E-state index in [1.807, 2.05) is 48.7 Å². The Hall–Kier alpha value is -3.93. The lowest BCUT2D eigenvalue weighted by molar-refractivity contribution is -1.09. The summed E-state index contributed by atoms with van der Waals surface area (Å²) in [5.41, 5.74) is 2.54. The van der Waals surface area contributed by atoms with E-state index >= 15 is 0 Å². The van der Waals surface area contributed by atoms with Gasteiger partial charge in [0.25, 0.3) is 5.91 Å². The quantitative estimate of drug-likeness (QED) is 0.343. The Labute approximate surface area is 222 Å². The van der Waals surface area contributed by atoms with Gasteiger partial charge in [-0.25, -0.2) is 10.2 Å². The second-order valence-electron chi connectivity index (χ2n) is 9.91. The number of rotatable bonds is 4. The highest BCUT2D eigenvalue weighted by Gasteiger charge is 2.27. The van der Waals surface area contributed by atoms with Gasteiger partial charge < -0.3 is 10.2 Å². The normalized spacial score (nSPS) is 18.2. The number of amides is 1. The number of carbonyl (C=O) groups is 1. The SMILES string of the molecule is Cc1cnc(CNC(=O)c2c(=O)c3ccc(N4CCC[N+](C)(O)CC4)nc3n3c2sc2ccccc23)cn1. The number of aryl methyl sites for hydroxylation is 1. The standard InChI is InChI=1S/C27H27N7O3S/c1-17-14-29-18(15-28-17)16-30-26(36)23-24(35)19-8-9-22(32-10-5-12-34(2,37)13-11-32)31-25(19)33-20-6-3-4-7-21(20)38-27(23)33/h3-4,6-9,14-15,37H,5,10-13,16H2,1-2H3/p+1. The molecule has 38 heavy (non-hydrogen) atoms. The Kier molecular flexibility index (Phi) is 6.05. The van der Waals surface area contributed by atoms with Crippen molar-refractivity contribution in [2.75, 3.05) is 38.1 Å². The van der Waals surface area contributed by atoms with Crippen LogP contribution in [0.4, 0.5) is 5.82 Å². The summed E-state index contributed by atoms with van der Waals surface area (Å²) in [6, 6.07) is 11.4. The number of carbonyl (C=O) groups excluding carboxylic acids is 1. The maximum atomic E-state index is 13.8. The molecule has 1 aliphatic heterocycles. The van der Waals surface area contributed by atoms with Gasteiger partial charge in [-0.05, 0) is 31.2 Å². The van der Waals surface area contributed by atoms with Crippen molar-refractivity contribution in [3.05, 3.63) is 76.0 Å². The van der Waals surface area contributed by atoms with Crippen LogP contribution in [0.3, 0.4) is 0 Å². The molecule has 10 nitrogen and oxygen atoms in total. The minimum Gasteiger partial charge on any atom is -0.351 e. The van der Waals surface area contributed by atoms with Crippen molar-refractivity contribution in [2.24, 2.45) is 0 Å². The first-order valence-electron chi connectivity index (χ1n) is 12.6. The van der Waals surface area contributed by atoms with Gasteiger partial charge in [-0.15, -0.1) is 11.3 Å². The zero-order valence-electron chi connectivity index (χ0n) is 21.2. The lowest BCUT2D eigenvalue weighted by Gasteiger charge is -2.24. The van der Waals surface area contributed by atoms with Crippen LogP contribution in [0.5, 0.6) is 0 Å². The van der Waals surface area contributed by atoms with Crippen LogP contribution >= 0.6 is 11.3 Å². The highest BCUT2D eigenvalue weighted by atomic mass is 32.1. The van der Waals surface area contributed by atoms with Gasteiger partial charge in [-0.1, -0.05) is 12.1 Å². The molecule has 4 aromatic heterocycles. The van der Waals surface area contributed by atoms with E-state index in [-0.39, 0.29) is 22.2 Å². The molecule has 11 heteroatoms. The Balaban J connectivity index is 1.48. The van der Waals surface area contributed by atoms with Crippen LogP contribution in [0.2, 0.25) is 0 Å². The summed E-state index contributed by atoms with van der Waals surface area (Å²) < 4.78 is 2.86. The predicted molar refractivity (Wildman–Crippen MR) is 147 cm³/mol. The Morgan fingerprint density at radius 1 is 1.13 bits per heavy atom. The molecule has 194 valence electrons. The minimum atomic E-state index is -0.458. The van der Waals surface area contributed by atoms with E-state index in [4.69, 9.17) is 4.98 Å². The van der Waals surface area contributed by atoms with Crippen molar-refractivity contribution >= 4 is 49.1 Å². The smallest absolute Gasteiger partial charge is 0.258 e. The molecule has 1 aliphatic rings. The molecule has 1 saturated heterocycles. The third-order valence-electron chi connectivity index (χ3n) is 7.01. The summed E-state index contributed by atoms with van der Waals surface area (Å²) >= 11 is 1.40. The number of hydrogen-bond acceptors (Lipinski definition) is 8. The third-order valence-corrected chi connectivity index (χ3v) is 8.15. The molecule has 0 saturated carbocycles. The van der Waals surface area contributed by atoms with Crippen molar-refractivity contribution in [3.63, 3.8) is 0 Å². The van der Waals surface area contributed by atoms with E-state index in [1.165, 1.54) is 11.3 Å². The molecule has 1 aromatic carbocycles. The van der Waals surface area contributed by atoms with Gasteiger partial charge >= 0.3 is 0 Å². The molecular weight excluding hydrogens is 502 g/mol. The van der Waals surface area contributed by atoms with Crippen LogP contribution in [-0.2, 0) is 6.54 Å². The zero-order chi connectivity index (χ0) is 26.4. The van der Waals surface area contributed by atoms with Crippen molar-refractivity contribution in [3.8, 4) is 0 Å². The molecule has 1 fully saturated rings. The zero-order valence-corrected chi connectivity index (χ0v) is 22.0. The third kappa shape index (κ3) is 4.38. The highest BCUT2D eigenvalue weighted by Crippen LogP contribution is 2.31. The maximum Gasteiger partial charge on any atom is 0.258 e. The van der Waals surface area contributed by atoms with E-state index < -0.39 is 5.91 Å². The monoisotopic (exact) mass is 530 g/mol. The van der Waals surface area contributed by atoms with Crippen molar-refractivity contribution in [1.29, 1.82) is 0 Å². The van der Waals surface area contributed by atoms with Gasteiger partial charge in [0.1, 0.15) is 29.3 Å². The first-order valence-corrected chi connectivity index (χ1v) is 13.4. The first-order chi connectivity index (χ1) is 18.3. The summed E-state index contributed by atoms with van der Waals surface area (Å²) in [5.74, 6) is 0.290. The van der Waals surface area contributed by atoms with Crippen LogP contribution in [0, 0.1) is 6.92 Å². The van der Waals surface area contributed by atoms with Gasteiger partial charge in [-0.2, -0.15) is 4.65 Å². The average molecular weight is 531 g/mol. The molecule has 1 atom stereocenters. The number of hydroxylamine groups is 3. The second kappa shape index (κ2) is 9.43. The molecule has 0 spiro atoms. The number of nitrogens with zero attached hydrogens (tertiary/aromatic N) is 6. The first kappa shape index (κ1) is 24.4. The van der Waals surface area contributed by atoms with E-state index in [0.717, 1.165) is 34.7 Å². The van der Waals surface area contributed by atoms with Crippen LogP contribution < -0.4 is 15.6 Å². The van der Waals surface area contributed by atoms with E-state index in [2.05, 4.69) is 20.2 Å². The molecule has 0 radical (unpaired) electrons. The lowest BCUT2D eigenvalue weighted by atomic mass is 10.1. The van der Waals surface area contributed by atoms with Gasteiger partial charge in [-0.3, -0.25) is 24.0 Å². The average Bonchev–Trinajstić information content (AvgIpc) is 3.19. The van der Waals surface area contributed by atoms with E-state index in [1.54, 1.807) is 18.5 Å². The molecule has 5 heterocycles. The molecule has 6 rings (SSSR count). The van der Waals surface area contributed by atoms with E-state index in [0.29, 0.717) is 41.2 Å². The maximum absolute atomic E-state index is 13.8. The number of benzene rings is 1. The van der Waals surface area contributed by atoms with Gasteiger partial charge in [0.05, 0.1) is 53.3 Å². The topological polar surface area (TPSA) is 113 Å². The van der Waals surface area contributed by atoms with E-state index in [9.17, 15) is 14.8 Å². The number of nitrogens with one attached hydrogen (secondary N) is 1. The van der Waals surface area contributed by atoms with Crippen LogP contribution in [0.15, 0.2) is 53.6 Å². The largest absolute Gasteiger partial charge is 0.351 e. The van der Waals surface area contributed by atoms with Crippen LogP contribution in [0.25, 0.3) is 26.1 Å². The Morgan fingerprint density at radius 2 is 1.97 bits per heavy atom. The Bertz CT molecular complexity index is 1740. The van der Waals surface area contributed by atoms with Crippen LogP contribution in [0.1, 0.15) is 28.2 Å². The fourth-order valence-electron chi connectivity index (χ4n) is 4.92. The number of fused-ring (bicyclic) bond motifs is 5. The number of hydrogen-bond donors (Lipinski definition) is 2. The summed E-state index contributed by atoms with van der Waals surface area (Å²) in [5, 5.41) is 13.7. The van der Waals surface area contributed by atoms with Crippen molar-refractivity contribution in [1.82, 2.24) is 24.7 Å². The molecule has 0 aliphatic carbocycles. The molecule has 5 aromatic rings. The van der Waals surface area contributed by atoms with Crippen molar-refractivity contribution in [2.45, 2.75) is 19.9 Å². The fraction of sp³-hybridized carbons (Fsp3) is 0.296. The lowest BCUT2D eigenvalue weighted by Crippen LogP contribution is -2.43. The number of para-hydroxylation sites is 1. The summed E-state index contributed by atoms with van der Waals surface area (Å²) in [6.45, 7) is 4.68. The molecular formula is C27H28N7O3S+. The number of thiazole rings is 1. The summed E-state index contributed by atoms with van der Waals surface area (Å²) in [4.78, 5) is 43.4. The minimum absolute atomic E-state index is 0.0183. The van der Waals surface area contributed by atoms with Gasteiger partial charge in [0, 0.05) is 19.2 Å².